The van der Waals surface area contributed by atoms with Crippen molar-refractivity contribution in [2.45, 2.75) is 46.1 Å². The van der Waals surface area contributed by atoms with E-state index in [9.17, 15) is 13.7 Å². The summed E-state index contributed by atoms with van der Waals surface area (Å²) in [7, 11) is -0.999. The van der Waals surface area contributed by atoms with Gasteiger partial charge in [0.2, 0.25) is 0 Å². The maximum atomic E-state index is 11.3. The molecule has 0 aliphatic heterocycles. The SMILES string of the molecule is CN(CCS(C)(=O)=O)C1CC(C(C)(C)C)CCC1C#N. The van der Waals surface area contributed by atoms with Crippen LogP contribution in [-0.2, 0) is 9.84 Å². The van der Waals surface area contributed by atoms with E-state index in [1.165, 1.54) is 6.26 Å². The lowest BCUT2D eigenvalue weighted by Gasteiger charge is -2.43. The quantitative estimate of drug-likeness (QED) is 0.799. The summed E-state index contributed by atoms with van der Waals surface area (Å²) in [6, 6.07) is 2.59. The number of hydrogen-bond acceptors (Lipinski definition) is 4. The van der Waals surface area contributed by atoms with Gasteiger partial charge < -0.3 is 4.90 Å². The van der Waals surface area contributed by atoms with Crippen LogP contribution in [0.2, 0.25) is 0 Å². The van der Waals surface area contributed by atoms with Crippen molar-refractivity contribution in [3.8, 4) is 6.07 Å². The molecule has 0 N–H and O–H groups in total. The summed E-state index contributed by atoms with van der Waals surface area (Å²) in [5, 5.41) is 9.33. The first-order chi connectivity index (χ1) is 9.04. The van der Waals surface area contributed by atoms with E-state index in [1.807, 2.05) is 7.05 Å². The zero-order valence-corrected chi connectivity index (χ0v) is 14.2. The van der Waals surface area contributed by atoms with E-state index in [-0.39, 0.29) is 23.1 Å². The second kappa shape index (κ2) is 6.44. The molecule has 0 aromatic heterocycles. The molecule has 0 radical (unpaired) electrons. The smallest absolute Gasteiger partial charge is 0.148 e. The molecule has 0 amide bonds. The molecule has 1 fully saturated rings. The molecule has 1 aliphatic rings. The Hall–Kier alpha value is -0.600. The predicted octanol–water partition coefficient (Wildman–Crippen LogP) is 2.32. The molecule has 0 saturated heterocycles. The molecule has 0 bridgehead atoms. The van der Waals surface area contributed by atoms with Crippen LogP contribution in [0.3, 0.4) is 0 Å². The summed E-state index contributed by atoms with van der Waals surface area (Å²) < 4.78 is 22.6. The molecule has 0 spiro atoms. The average Bonchev–Trinajstić information content (AvgIpc) is 2.33. The highest BCUT2D eigenvalue weighted by atomic mass is 32.2. The summed E-state index contributed by atoms with van der Waals surface area (Å²) >= 11 is 0. The van der Waals surface area contributed by atoms with Crippen molar-refractivity contribution in [1.29, 1.82) is 5.26 Å². The minimum absolute atomic E-state index is 0.0261. The van der Waals surface area contributed by atoms with Crippen LogP contribution in [0.15, 0.2) is 0 Å². The number of sulfone groups is 1. The van der Waals surface area contributed by atoms with Crippen LogP contribution >= 0.6 is 0 Å². The second-order valence-electron chi connectivity index (χ2n) is 7.29. The van der Waals surface area contributed by atoms with Crippen LogP contribution in [0.25, 0.3) is 0 Å². The first-order valence-electron chi connectivity index (χ1n) is 7.32. The van der Waals surface area contributed by atoms with Crippen molar-refractivity contribution in [3.63, 3.8) is 0 Å². The Morgan fingerprint density at radius 3 is 2.35 bits per heavy atom. The van der Waals surface area contributed by atoms with Crippen LogP contribution < -0.4 is 0 Å². The van der Waals surface area contributed by atoms with Gasteiger partial charge in [-0.1, -0.05) is 20.8 Å². The van der Waals surface area contributed by atoms with Crippen molar-refractivity contribution >= 4 is 9.84 Å². The van der Waals surface area contributed by atoms with Gasteiger partial charge in [0.05, 0.1) is 17.7 Å². The molecule has 0 aromatic rings. The van der Waals surface area contributed by atoms with E-state index in [0.29, 0.717) is 12.5 Å². The molecular weight excluding hydrogens is 272 g/mol. The monoisotopic (exact) mass is 300 g/mol. The summed E-state index contributed by atoms with van der Waals surface area (Å²) in [5.41, 5.74) is 0.246. The minimum Gasteiger partial charge on any atom is -0.301 e. The topological polar surface area (TPSA) is 61.2 Å². The zero-order valence-electron chi connectivity index (χ0n) is 13.4. The normalized spacial score (nSPS) is 28.4. The predicted molar refractivity (Wildman–Crippen MR) is 82.0 cm³/mol. The molecule has 20 heavy (non-hydrogen) atoms. The number of nitrogens with zero attached hydrogens (tertiary/aromatic N) is 2. The third-order valence-corrected chi connectivity index (χ3v) is 5.51. The highest BCUT2D eigenvalue weighted by Crippen LogP contribution is 2.41. The van der Waals surface area contributed by atoms with E-state index in [2.05, 4.69) is 31.7 Å². The molecule has 3 atom stereocenters. The molecule has 0 heterocycles. The summed E-state index contributed by atoms with van der Waals surface area (Å²) in [5.74, 6) is 0.786. The average molecular weight is 300 g/mol. The van der Waals surface area contributed by atoms with E-state index in [4.69, 9.17) is 0 Å². The lowest BCUT2D eigenvalue weighted by molar-refractivity contribution is 0.0783. The van der Waals surface area contributed by atoms with Gasteiger partial charge in [-0.05, 0) is 37.6 Å². The highest BCUT2D eigenvalue weighted by Gasteiger charge is 2.37. The van der Waals surface area contributed by atoms with Crippen molar-refractivity contribution in [2.24, 2.45) is 17.3 Å². The van der Waals surface area contributed by atoms with Crippen LogP contribution in [0, 0.1) is 28.6 Å². The Morgan fingerprint density at radius 1 is 1.30 bits per heavy atom. The molecule has 1 aliphatic carbocycles. The van der Waals surface area contributed by atoms with Gasteiger partial charge >= 0.3 is 0 Å². The van der Waals surface area contributed by atoms with Crippen molar-refractivity contribution in [2.75, 3.05) is 25.6 Å². The van der Waals surface area contributed by atoms with E-state index < -0.39 is 9.84 Å². The number of hydrogen-bond donors (Lipinski definition) is 0. The molecule has 1 rings (SSSR count). The van der Waals surface area contributed by atoms with Gasteiger partial charge in [-0.3, -0.25) is 0 Å². The fraction of sp³-hybridized carbons (Fsp3) is 0.933. The maximum absolute atomic E-state index is 11.3. The molecule has 1 saturated carbocycles. The highest BCUT2D eigenvalue weighted by molar-refractivity contribution is 7.90. The van der Waals surface area contributed by atoms with Crippen molar-refractivity contribution < 1.29 is 8.42 Å². The second-order valence-corrected chi connectivity index (χ2v) is 9.55. The maximum Gasteiger partial charge on any atom is 0.148 e. The van der Waals surface area contributed by atoms with Crippen molar-refractivity contribution in [3.05, 3.63) is 0 Å². The van der Waals surface area contributed by atoms with Crippen molar-refractivity contribution in [1.82, 2.24) is 4.90 Å². The summed E-state index contributed by atoms with van der Waals surface area (Å²) in [6.45, 7) is 7.26. The summed E-state index contributed by atoms with van der Waals surface area (Å²) in [6.07, 6.45) is 4.27. The van der Waals surface area contributed by atoms with Gasteiger partial charge in [0.25, 0.3) is 0 Å². The Bertz CT molecular complexity index is 459. The van der Waals surface area contributed by atoms with E-state index >= 15 is 0 Å². The largest absolute Gasteiger partial charge is 0.301 e. The van der Waals surface area contributed by atoms with E-state index in [0.717, 1.165) is 19.3 Å². The van der Waals surface area contributed by atoms with Crippen LogP contribution in [0.1, 0.15) is 40.0 Å². The molecule has 4 nitrogen and oxygen atoms in total. The zero-order chi connectivity index (χ0) is 15.6. The molecule has 3 unspecified atom stereocenters. The van der Waals surface area contributed by atoms with Gasteiger partial charge in [0.1, 0.15) is 9.84 Å². The molecule has 5 heteroatoms. The Labute approximate surface area is 124 Å². The van der Waals surface area contributed by atoms with Crippen LogP contribution in [0.4, 0.5) is 0 Å². The summed E-state index contributed by atoms with van der Waals surface area (Å²) in [4.78, 5) is 2.08. The third kappa shape index (κ3) is 5.06. The van der Waals surface area contributed by atoms with Gasteiger partial charge in [-0.25, -0.2) is 8.42 Å². The number of nitriles is 1. The van der Waals surface area contributed by atoms with Gasteiger partial charge in [0, 0.05) is 18.8 Å². The minimum atomic E-state index is -2.95. The first-order valence-corrected chi connectivity index (χ1v) is 9.38. The first kappa shape index (κ1) is 17.5. The number of rotatable bonds is 4. The van der Waals surface area contributed by atoms with Crippen LogP contribution in [0.5, 0.6) is 0 Å². The van der Waals surface area contributed by atoms with Gasteiger partial charge in [-0.15, -0.1) is 0 Å². The Kier molecular flexibility index (Phi) is 5.62. The lowest BCUT2D eigenvalue weighted by atomic mass is 9.68. The molecular formula is C15H28N2O2S. The Balaban J connectivity index is 2.74. The molecule has 0 aromatic carbocycles. The van der Waals surface area contributed by atoms with Gasteiger partial charge in [0.15, 0.2) is 0 Å². The fourth-order valence-corrected chi connectivity index (χ4v) is 3.67. The standard InChI is InChI=1S/C15H28N2O2S/c1-15(2,3)13-7-6-12(11-16)14(10-13)17(4)8-9-20(5,18)19/h12-14H,6-10H2,1-5H3. The third-order valence-electron chi connectivity index (χ3n) is 4.59. The lowest BCUT2D eigenvalue weighted by Crippen LogP contribution is -2.45. The molecule has 116 valence electrons. The van der Waals surface area contributed by atoms with E-state index in [1.54, 1.807) is 0 Å². The fourth-order valence-electron chi connectivity index (χ4n) is 3.05. The van der Waals surface area contributed by atoms with Gasteiger partial charge in [-0.2, -0.15) is 5.26 Å². The van der Waals surface area contributed by atoms with Crippen LogP contribution in [-0.4, -0.2) is 45.0 Å². The Morgan fingerprint density at radius 2 is 1.90 bits per heavy atom.